The molecule has 1 aliphatic carbocycles. The van der Waals surface area contributed by atoms with Gasteiger partial charge >= 0.3 is 11.9 Å². The van der Waals surface area contributed by atoms with Crippen LogP contribution in [0.4, 0.5) is 0 Å². The number of aliphatic hydroxyl groups is 2. The number of benzene rings is 2. The van der Waals surface area contributed by atoms with Crippen LogP contribution in [0.2, 0.25) is 0 Å². The van der Waals surface area contributed by atoms with Crippen molar-refractivity contribution in [3.8, 4) is 23.0 Å². The molecule has 2 aromatic carbocycles. The molecule has 0 heterocycles. The minimum Gasteiger partial charge on any atom is -0.504 e. The lowest BCUT2D eigenvalue weighted by atomic mass is 9.75. The van der Waals surface area contributed by atoms with Gasteiger partial charge < -0.3 is 38.6 Å². The first-order valence-corrected chi connectivity index (χ1v) is 12.6. The Labute approximate surface area is 242 Å². The number of methoxy groups -OCH3 is 6. The summed E-state index contributed by atoms with van der Waals surface area (Å²) in [5.74, 6) is -6.94. The van der Waals surface area contributed by atoms with E-state index in [0.29, 0.717) is 22.6 Å². The molecule has 0 unspecified atom stereocenters. The van der Waals surface area contributed by atoms with E-state index in [1.807, 2.05) is 0 Å². The number of carbonyl (C=O) groups is 4. The van der Waals surface area contributed by atoms with Crippen LogP contribution >= 0.6 is 0 Å². The average Bonchev–Trinajstić information content (AvgIpc) is 3.01. The van der Waals surface area contributed by atoms with Crippen LogP contribution in [0, 0.1) is 0 Å². The van der Waals surface area contributed by atoms with E-state index in [9.17, 15) is 29.4 Å². The predicted molar refractivity (Wildman–Crippen MR) is 147 cm³/mol. The van der Waals surface area contributed by atoms with Crippen molar-refractivity contribution in [1.82, 2.24) is 0 Å². The van der Waals surface area contributed by atoms with Gasteiger partial charge in [-0.2, -0.15) is 0 Å². The molecule has 42 heavy (non-hydrogen) atoms. The minimum atomic E-state index is -1.22. The van der Waals surface area contributed by atoms with Crippen molar-refractivity contribution in [3.63, 3.8) is 0 Å². The number of ketones is 2. The average molecular weight is 585 g/mol. The maximum absolute atomic E-state index is 13.7. The zero-order chi connectivity index (χ0) is 31.1. The molecule has 3 rings (SSSR count). The van der Waals surface area contributed by atoms with E-state index in [1.165, 1.54) is 64.8 Å². The van der Waals surface area contributed by atoms with Gasteiger partial charge in [0.25, 0.3) is 0 Å². The Morgan fingerprint density at radius 2 is 0.929 bits per heavy atom. The highest BCUT2D eigenvalue weighted by Gasteiger charge is 2.43. The summed E-state index contributed by atoms with van der Waals surface area (Å²) in [5, 5.41) is 22.4. The fourth-order valence-electron chi connectivity index (χ4n) is 4.77. The van der Waals surface area contributed by atoms with E-state index in [-0.39, 0.29) is 11.5 Å². The molecule has 0 amide bonds. The van der Waals surface area contributed by atoms with Crippen LogP contribution in [-0.2, 0) is 28.7 Å². The quantitative estimate of drug-likeness (QED) is 0.276. The third-order valence-corrected chi connectivity index (χ3v) is 6.94. The van der Waals surface area contributed by atoms with Crippen molar-refractivity contribution in [2.45, 2.75) is 24.7 Å². The SMILES string of the molecule is COC(=O)C[C@H](C1=C(O)C(=O)C([C@@H](CC(=O)OC)c2ccc(OC)c(OC)c2)=C(O)C1=O)c1ccc(OC)c(OC)c1. The first-order chi connectivity index (χ1) is 20.1. The topological polar surface area (TPSA) is 164 Å². The van der Waals surface area contributed by atoms with Crippen molar-refractivity contribution >= 4 is 23.5 Å². The van der Waals surface area contributed by atoms with Crippen molar-refractivity contribution in [3.05, 3.63) is 70.2 Å². The molecule has 12 heteroatoms. The summed E-state index contributed by atoms with van der Waals surface area (Å²) in [6.07, 6.45) is -0.928. The van der Waals surface area contributed by atoms with Gasteiger partial charge in [0, 0.05) is 11.8 Å². The minimum absolute atomic E-state index is 0.256. The van der Waals surface area contributed by atoms with Crippen LogP contribution in [0.15, 0.2) is 59.1 Å². The Hall–Kier alpha value is -5.00. The van der Waals surface area contributed by atoms with E-state index in [1.54, 1.807) is 0 Å². The molecule has 0 fully saturated rings. The fraction of sp³-hybridized carbons (Fsp3) is 0.333. The molecule has 2 atom stereocenters. The van der Waals surface area contributed by atoms with E-state index in [2.05, 4.69) is 0 Å². The number of carbonyl (C=O) groups excluding carboxylic acids is 4. The van der Waals surface area contributed by atoms with Crippen LogP contribution in [-0.4, -0.2) is 76.4 Å². The lowest BCUT2D eigenvalue weighted by molar-refractivity contribution is -0.142. The number of hydrogen-bond acceptors (Lipinski definition) is 12. The van der Waals surface area contributed by atoms with Gasteiger partial charge in [0.05, 0.1) is 66.6 Å². The Bertz CT molecular complexity index is 1340. The van der Waals surface area contributed by atoms with Gasteiger partial charge in [0.15, 0.2) is 34.5 Å². The number of allylic oxidation sites excluding steroid dienone is 2. The third kappa shape index (κ3) is 6.17. The second kappa shape index (κ2) is 13.6. The number of ether oxygens (including phenoxy) is 6. The molecular weight excluding hydrogens is 552 g/mol. The standard InChI is InChI=1S/C30H32O12/c1-37-19-9-7-15(11-21(19)39-3)17(13-23(31)41-5)25-27(33)29(35)26(30(36)28(25)34)18(14-24(32)42-6)16-8-10-20(38-2)22(12-16)40-4/h7-12,17-18,33,36H,13-14H2,1-6H3/t17-,18-/m0/s1. The number of Topliss-reactive ketones (excluding diaryl/α,β-unsaturated/α-hetero) is 2. The lowest BCUT2D eigenvalue weighted by Crippen LogP contribution is -2.31. The Balaban J connectivity index is 2.20. The first-order valence-electron chi connectivity index (χ1n) is 12.6. The molecule has 0 aromatic heterocycles. The summed E-state index contributed by atoms with van der Waals surface area (Å²) in [6.45, 7) is 0. The molecule has 0 spiro atoms. The van der Waals surface area contributed by atoms with Gasteiger partial charge in [-0.05, 0) is 35.4 Å². The summed E-state index contributed by atoms with van der Waals surface area (Å²) >= 11 is 0. The van der Waals surface area contributed by atoms with Gasteiger partial charge in [0.2, 0.25) is 11.6 Å². The highest BCUT2D eigenvalue weighted by atomic mass is 16.5. The molecule has 0 aliphatic heterocycles. The molecule has 0 saturated carbocycles. The predicted octanol–water partition coefficient (Wildman–Crippen LogP) is 3.49. The molecule has 12 nitrogen and oxygen atoms in total. The smallest absolute Gasteiger partial charge is 0.306 e. The molecule has 2 aromatic rings. The van der Waals surface area contributed by atoms with Gasteiger partial charge in [-0.3, -0.25) is 19.2 Å². The van der Waals surface area contributed by atoms with E-state index < -0.39 is 70.8 Å². The van der Waals surface area contributed by atoms with E-state index in [0.717, 1.165) is 14.2 Å². The summed E-state index contributed by atoms with van der Waals surface area (Å²) in [4.78, 5) is 52.2. The van der Waals surface area contributed by atoms with Crippen LogP contribution in [0.5, 0.6) is 23.0 Å². The maximum Gasteiger partial charge on any atom is 0.306 e. The van der Waals surface area contributed by atoms with Crippen molar-refractivity contribution in [2.24, 2.45) is 0 Å². The third-order valence-electron chi connectivity index (χ3n) is 6.94. The van der Waals surface area contributed by atoms with E-state index >= 15 is 0 Å². The highest BCUT2D eigenvalue weighted by Crippen LogP contribution is 2.43. The second-order valence-electron chi connectivity index (χ2n) is 9.08. The van der Waals surface area contributed by atoms with Crippen molar-refractivity contribution < 1.29 is 57.8 Å². The summed E-state index contributed by atoms with van der Waals surface area (Å²) < 4.78 is 30.7. The molecule has 0 bridgehead atoms. The molecule has 2 N–H and O–H groups in total. The first kappa shape index (κ1) is 31.5. The molecule has 0 radical (unpaired) electrons. The number of aliphatic hydroxyl groups excluding tert-OH is 2. The van der Waals surface area contributed by atoms with Crippen LogP contribution in [0.25, 0.3) is 0 Å². The normalized spacial score (nSPS) is 14.7. The largest absolute Gasteiger partial charge is 0.504 e. The van der Waals surface area contributed by atoms with Crippen LogP contribution in [0.1, 0.15) is 35.8 Å². The molecular formula is C30H32O12. The highest BCUT2D eigenvalue weighted by molar-refractivity contribution is 6.24. The Morgan fingerprint density at radius 1 is 0.595 bits per heavy atom. The van der Waals surface area contributed by atoms with Gasteiger partial charge in [-0.25, -0.2) is 0 Å². The maximum atomic E-state index is 13.7. The van der Waals surface area contributed by atoms with Crippen molar-refractivity contribution in [1.29, 1.82) is 0 Å². The Morgan fingerprint density at radius 3 is 1.21 bits per heavy atom. The second-order valence-corrected chi connectivity index (χ2v) is 9.08. The summed E-state index contributed by atoms with van der Waals surface area (Å²) in [7, 11) is 7.92. The number of esters is 2. The molecule has 1 aliphatic rings. The summed E-state index contributed by atoms with van der Waals surface area (Å²) in [6, 6.07) is 9.04. The van der Waals surface area contributed by atoms with E-state index in [4.69, 9.17) is 28.4 Å². The zero-order valence-electron chi connectivity index (χ0n) is 24.0. The summed E-state index contributed by atoms with van der Waals surface area (Å²) in [5.41, 5.74) is -0.461. The van der Waals surface area contributed by atoms with Gasteiger partial charge in [0.1, 0.15) is 0 Å². The van der Waals surface area contributed by atoms with Gasteiger partial charge in [-0.15, -0.1) is 0 Å². The number of rotatable bonds is 12. The molecule has 0 saturated heterocycles. The monoisotopic (exact) mass is 584 g/mol. The van der Waals surface area contributed by atoms with Crippen LogP contribution in [0.3, 0.4) is 0 Å². The fourth-order valence-corrected chi connectivity index (χ4v) is 4.77. The number of hydrogen-bond donors (Lipinski definition) is 2. The zero-order valence-corrected chi connectivity index (χ0v) is 24.0. The lowest BCUT2D eigenvalue weighted by Gasteiger charge is -2.28. The van der Waals surface area contributed by atoms with Crippen LogP contribution < -0.4 is 18.9 Å². The van der Waals surface area contributed by atoms with Gasteiger partial charge in [-0.1, -0.05) is 12.1 Å². The van der Waals surface area contributed by atoms with Crippen molar-refractivity contribution in [2.75, 3.05) is 42.7 Å². The Kier molecular flexibility index (Phi) is 10.2. The molecule has 224 valence electrons.